The Bertz CT molecular complexity index is 933. The van der Waals surface area contributed by atoms with Gasteiger partial charge < -0.3 is 14.2 Å². The average Bonchev–Trinajstić information content (AvgIpc) is 3.76. The molecule has 4 aliphatic carbocycles. The fourth-order valence-corrected chi connectivity index (χ4v) is 8.19. The summed E-state index contributed by atoms with van der Waals surface area (Å²) in [5.41, 5.74) is 1.18. The van der Waals surface area contributed by atoms with Crippen LogP contribution < -0.4 is 0 Å². The normalized spacial score (nSPS) is 37.2. The molecule has 1 aliphatic heterocycles. The smallest absolute Gasteiger partial charge is 0.338 e. The van der Waals surface area contributed by atoms with E-state index in [2.05, 4.69) is 20.4 Å². The molecule has 6 rings (SSSR count). The Kier molecular flexibility index (Phi) is 5.79. The van der Waals surface area contributed by atoms with Crippen LogP contribution in [0.3, 0.4) is 0 Å². The zero-order chi connectivity index (χ0) is 23.4. The monoisotopic (exact) mass is 464 g/mol. The second-order valence-electron chi connectivity index (χ2n) is 11.8. The van der Waals surface area contributed by atoms with E-state index in [4.69, 9.17) is 14.2 Å². The maximum atomic E-state index is 13.1. The van der Waals surface area contributed by atoms with Crippen LogP contribution in [0.15, 0.2) is 30.8 Å². The van der Waals surface area contributed by atoms with Gasteiger partial charge in [-0.2, -0.15) is 0 Å². The highest BCUT2D eigenvalue weighted by Crippen LogP contribution is 2.62. The molecule has 0 spiro atoms. The molecule has 184 valence electrons. The highest BCUT2D eigenvalue weighted by atomic mass is 16.6. The van der Waals surface area contributed by atoms with E-state index >= 15 is 0 Å². The molecule has 0 N–H and O–H groups in total. The molecule has 0 radical (unpaired) electrons. The minimum Gasteiger partial charge on any atom is -0.484 e. The summed E-state index contributed by atoms with van der Waals surface area (Å²) < 4.78 is 18.3. The predicted octanol–water partition coefficient (Wildman–Crippen LogP) is 6.64. The van der Waals surface area contributed by atoms with Crippen molar-refractivity contribution < 1.29 is 19.0 Å². The van der Waals surface area contributed by atoms with Gasteiger partial charge >= 0.3 is 5.97 Å². The van der Waals surface area contributed by atoms with Gasteiger partial charge in [-0.15, -0.1) is 0 Å². The first-order valence-electron chi connectivity index (χ1n) is 13.8. The third-order valence-corrected chi connectivity index (χ3v) is 9.93. The van der Waals surface area contributed by atoms with Gasteiger partial charge in [-0.25, -0.2) is 4.79 Å². The molecule has 4 nitrogen and oxygen atoms in total. The maximum Gasteiger partial charge on any atom is 0.338 e. The van der Waals surface area contributed by atoms with Crippen LogP contribution >= 0.6 is 0 Å². The molecule has 1 aromatic carbocycles. The number of esters is 1. The quantitative estimate of drug-likeness (QED) is 0.221. The Morgan fingerprint density at radius 3 is 2.56 bits per heavy atom. The van der Waals surface area contributed by atoms with Crippen molar-refractivity contribution in [1.82, 2.24) is 0 Å². The number of ether oxygens (including phenoxy) is 3. The second-order valence-corrected chi connectivity index (χ2v) is 11.8. The van der Waals surface area contributed by atoms with Crippen molar-refractivity contribution in [1.29, 1.82) is 0 Å². The molecule has 0 amide bonds. The Labute approximate surface area is 204 Å². The van der Waals surface area contributed by atoms with Gasteiger partial charge in [0.1, 0.15) is 23.6 Å². The van der Waals surface area contributed by atoms with E-state index in [-0.39, 0.29) is 23.8 Å². The van der Waals surface area contributed by atoms with Crippen LogP contribution in [0.1, 0.15) is 87.6 Å². The summed E-state index contributed by atoms with van der Waals surface area (Å²) in [5.74, 6) is 5.21. The minimum atomic E-state index is -0.274. The van der Waals surface area contributed by atoms with Gasteiger partial charge in [0.2, 0.25) is 0 Å². The van der Waals surface area contributed by atoms with Gasteiger partial charge in [-0.3, -0.25) is 0 Å². The lowest BCUT2D eigenvalue weighted by Gasteiger charge is -2.33. The van der Waals surface area contributed by atoms with E-state index in [1.807, 2.05) is 24.3 Å². The Balaban J connectivity index is 1.10. The van der Waals surface area contributed by atoms with E-state index in [0.29, 0.717) is 17.2 Å². The molecular formula is C30H40O4. The second kappa shape index (κ2) is 8.69. The summed E-state index contributed by atoms with van der Waals surface area (Å²) in [6, 6.07) is 7.64. The SMILES string of the molecule is C=C(OC(CC)(C1CC1)C1CO1)c1cccc(C(=O)OC2CC3C4CC(CCC)C(C4)C3C2)c1. The number of rotatable bonds is 10. The largest absolute Gasteiger partial charge is 0.484 e. The van der Waals surface area contributed by atoms with Crippen molar-refractivity contribution in [2.45, 2.75) is 89.4 Å². The van der Waals surface area contributed by atoms with Crippen LogP contribution in [0.5, 0.6) is 0 Å². The Morgan fingerprint density at radius 1 is 1.09 bits per heavy atom. The van der Waals surface area contributed by atoms with E-state index < -0.39 is 0 Å². The maximum absolute atomic E-state index is 13.1. The van der Waals surface area contributed by atoms with Crippen LogP contribution in [0.25, 0.3) is 5.76 Å². The van der Waals surface area contributed by atoms with Crippen LogP contribution in [0.2, 0.25) is 0 Å². The lowest BCUT2D eigenvalue weighted by Crippen LogP contribution is -2.40. The zero-order valence-corrected chi connectivity index (χ0v) is 20.8. The molecular weight excluding hydrogens is 424 g/mol. The van der Waals surface area contributed by atoms with Crippen molar-refractivity contribution in [3.8, 4) is 0 Å². The Morgan fingerprint density at radius 2 is 1.85 bits per heavy atom. The molecule has 1 aromatic rings. The first-order chi connectivity index (χ1) is 16.5. The molecule has 5 fully saturated rings. The van der Waals surface area contributed by atoms with Crippen molar-refractivity contribution in [2.75, 3.05) is 6.61 Å². The van der Waals surface area contributed by atoms with Crippen LogP contribution in [-0.4, -0.2) is 30.4 Å². The standard InChI is InChI=1S/C30H40O4/c1-4-7-20-13-22-14-25(20)27-16-24(15-26(22)27)33-29(31)21-9-6-8-19(12-21)18(3)34-30(5-2,23-10-11-23)28-17-32-28/h6,8-9,12,20,22-28H,3-5,7,10-11,13-17H2,1-2H3. The molecule has 34 heavy (non-hydrogen) atoms. The number of carbonyl (C=O) groups excluding carboxylic acids is 1. The molecule has 1 heterocycles. The van der Waals surface area contributed by atoms with Gasteiger partial charge in [-0.1, -0.05) is 45.4 Å². The molecule has 2 bridgehead atoms. The predicted molar refractivity (Wildman–Crippen MR) is 132 cm³/mol. The first kappa shape index (κ1) is 22.6. The number of fused-ring (bicyclic) bond motifs is 5. The molecule has 1 saturated heterocycles. The van der Waals surface area contributed by atoms with E-state index in [1.165, 1.54) is 38.5 Å². The summed E-state index contributed by atoms with van der Waals surface area (Å²) >= 11 is 0. The molecule has 5 aliphatic rings. The molecule has 8 atom stereocenters. The summed E-state index contributed by atoms with van der Waals surface area (Å²) in [7, 11) is 0. The number of carbonyl (C=O) groups is 1. The first-order valence-corrected chi connectivity index (χ1v) is 13.8. The third kappa shape index (κ3) is 3.90. The summed E-state index contributed by atoms with van der Waals surface area (Å²) in [6.07, 6.45) is 11.2. The van der Waals surface area contributed by atoms with Gasteiger partial charge in [-0.05, 0) is 86.7 Å². The summed E-state index contributed by atoms with van der Waals surface area (Å²) in [5, 5.41) is 0. The van der Waals surface area contributed by atoms with Crippen LogP contribution in [0.4, 0.5) is 0 Å². The highest BCUT2D eigenvalue weighted by molar-refractivity contribution is 5.90. The Hall–Kier alpha value is -1.81. The van der Waals surface area contributed by atoms with Crippen LogP contribution in [0, 0.1) is 35.5 Å². The van der Waals surface area contributed by atoms with E-state index in [1.54, 1.807) is 0 Å². The van der Waals surface area contributed by atoms with Gasteiger partial charge in [0, 0.05) is 11.5 Å². The number of hydrogen-bond acceptors (Lipinski definition) is 4. The molecule has 8 unspecified atom stereocenters. The van der Waals surface area contributed by atoms with Crippen LogP contribution in [-0.2, 0) is 14.2 Å². The average molecular weight is 465 g/mol. The minimum absolute atomic E-state index is 0.0749. The van der Waals surface area contributed by atoms with Gasteiger partial charge in [0.25, 0.3) is 0 Å². The summed E-state index contributed by atoms with van der Waals surface area (Å²) in [6.45, 7) is 9.49. The lowest BCUT2D eigenvalue weighted by atomic mass is 9.74. The fourth-order valence-electron chi connectivity index (χ4n) is 8.19. The number of epoxide rings is 1. The fraction of sp³-hybridized carbons (Fsp3) is 0.700. The molecule has 4 saturated carbocycles. The highest BCUT2D eigenvalue weighted by Gasteiger charge is 2.57. The number of hydrogen-bond donors (Lipinski definition) is 0. The van der Waals surface area contributed by atoms with Crippen molar-refractivity contribution in [3.05, 3.63) is 42.0 Å². The number of benzene rings is 1. The van der Waals surface area contributed by atoms with E-state index in [0.717, 1.165) is 61.0 Å². The third-order valence-electron chi connectivity index (χ3n) is 9.93. The lowest BCUT2D eigenvalue weighted by molar-refractivity contribution is -0.0119. The van der Waals surface area contributed by atoms with Crippen molar-refractivity contribution >= 4 is 11.7 Å². The molecule has 0 aromatic heterocycles. The topological polar surface area (TPSA) is 48.1 Å². The summed E-state index contributed by atoms with van der Waals surface area (Å²) in [4.78, 5) is 13.1. The van der Waals surface area contributed by atoms with Crippen molar-refractivity contribution in [3.63, 3.8) is 0 Å². The van der Waals surface area contributed by atoms with Gasteiger partial charge in [0.15, 0.2) is 0 Å². The molecule has 4 heteroatoms. The zero-order valence-electron chi connectivity index (χ0n) is 20.8. The van der Waals surface area contributed by atoms with E-state index in [9.17, 15) is 4.79 Å². The van der Waals surface area contributed by atoms with Gasteiger partial charge in [0.05, 0.1) is 12.2 Å². The van der Waals surface area contributed by atoms with Crippen molar-refractivity contribution in [2.24, 2.45) is 35.5 Å².